The summed E-state index contributed by atoms with van der Waals surface area (Å²) in [5.74, 6) is 0.646. The first-order valence-electron chi connectivity index (χ1n) is 7.37. The van der Waals surface area contributed by atoms with Crippen LogP contribution < -0.4 is 10.1 Å². The van der Waals surface area contributed by atoms with Gasteiger partial charge in [-0.25, -0.2) is 0 Å². The number of likely N-dealkylation sites (tertiary alicyclic amines) is 1. The number of piperidine rings is 1. The van der Waals surface area contributed by atoms with Crippen LogP contribution in [0.4, 0.5) is 0 Å². The molecule has 0 unspecified atom stereocenters. The van der Waals surface area contributed by atoms with Crippen molar-refractivity contribution in [1.82, 2.24) is 10.2 Å². The zero-order valence-corrected chi connectivity index (χ0v) is 14.5. The summed E-state index contributed by atoms with van der Waals surface area (Å²) in [5, 5.41) is 2.95. The molecule has 120 valence electrons. The topological polar surface area (TPSA) is 58.6 Å². The van der Waals surface area contributed by atoms with E-state index in [1.165, 1.54) is 0 Å². The Balaban J connectivity index is 1.95. The molecule has 0 spiro atoms. The lowest BCUT2D eigenvalue weighted by molar-refractivity contribution is -0.134. The molecule has 1 atom stereocenters. The highest BCUT2D eigenvalue weighted by molar-refractivity contribution is 9.10. The van der Waals surface area contributed by atoms with Crippen LogP contribution in [-0.4, -0.2) is 36.9 Å². The van der Waals surface area contributed by atoms with E-state index in [0.29, 0.717) is 13.1 Å². The van der Waals surface area contributed by atoms with Crippen LogP contribution in [0.5, 0.6) is 5.75 Å². The predicted octanol–water partition coefficient (Wildman–Crippen LogP) is 2.33. The van der Waals surface area contributed by atoms with Crippen molar-refractivity contribution in [1.29, 1.82) is 0 Å². The minimum atomic E-state index is -0.129. The number of halogens is 1. The first kappa shape index (κ1) is 16.8. The molecular formula is C16H21BrN2O3. The fraction of sp³-hybridized carbons (Fsp3) is 0.500. The number of amides is 2. The predicted molar refractivity (Wildman–Crippen MR) is 87.5 cm³/mol. The number of nitrogens with zero attached hydrogens (tertiary/aromatic N) is 1. The van der Waals surface area contributed by atoms with Crippen LogP contribution in [0.25, 0.3) is 0 Å². The Labute approximate surface area is 139 Å². The van der Waals surface area contributed by atoms with Crippen molar-refractivity contribution in [2.45, 2.75) is 26.3 Å². The smallest absolute Gasteiger partial charge is 0.225 e. The van der Waals surface area contributed by atoms with Crippen LogP contribution in [0.1, 0.15) is 25.3 Å². The van der Waals surface area contributed by atoms with E-state index in [2.05, 4.69) is 21.2 Å². The average molecular weight is 369 g/mol. The standard InChI is InChI=1S/C16H21BrN2O3/c1-11(20)19-7-3-4-12(10-19)16(21)18-9-13-8-14(17)5-6-15(13)22-2/h5-6,8,12H,3-4,7,9-10H2,1-2H3,(H,18,21)/t12-/m1/s1. The fourth-order valence-electron chi connectivity index (χ4n) is 2.69. The van der Waals surface area contributed by atoms with Crippen LogP contribution in [0.3, 0.4) is 0 Å². The van der Waals surface area contributed by atoms with Gasteiger partial charge in [-0.3, -0.25) is 9.59 Å². The van der Waals surface area contributed by atoms with E-state index < -0.39 is 0 Å². The zero-order chi connectivity index (χ0) is 16.1. The van der Waals surface area contributed by atoms with Gasteiger partial charge >= 0.3 is 0 Å². The summed E-state index contributed by atoms with van der Waals surface area (Å²) >= 11 is 3.42. The van der Waals surface area contributed by atoms with Gasteiger partial charge in [-0.2, -0.15) is 0 Å². The average Bonchev–Trinajstić information content (AvgIpc) is 2.52. The van der Waals surface area contributed by atoms with E-state index in [-0.39, 0.29) is 17.7 Å². The number of rotatable bonds is 4. The van der Waals surface area contributed by atoms with Gasteiger partial charge in [-0.1, -0.05) is 15.9 Å². The molecule has 22 heavy (non-hydrogen) atoms. The molecule has 1 aliphatic rings. The molecule has 0 aromatic heterocycles. The molecular weight excluding hydrogens is 348 g/mol. The Hall–Kier alpha value is -1.56. The first-order chi connectivity index (χ1) is 10.5. The number of hydrogen-bond acceptors (Lipinski definition) is 3. The van der Waals surface area contributed by atoms with E-state index in [1.807, 2.05) is 18.2 Å². The second kappa shape index (κ2) is 7.63. The number of nitrogens with one attached hydrogen (secondary N) is 1. The minimum Gasteiger partial charge on any atom is -0.496 e. The third-order valence-electron chi connectivity index (χ3n) is 3.93. The molecule has 2 rings (SSSR count). The van der Waals surface area contributed by atoms with Crippen molar-refractivity contribution in [2.24, 2.45) is 5.92 Å². The van der Waals surface area contributed by atoms with Crippen molar-refractivity contribution in [3.05, 3.63) is 28.2 Å². The van der Waals surface area contributed by atoms with Crippen molar-refractivity contribution in [2.75, 3.05) is 20.2 Å². The van der Waals surface area contributed by atoms with Gasteiger partial charge in [0.1, 0.15) is 5.75 Å². The highest BCUT2D eigenvalue weighted by atomic mass is 79.9. The fourth-order valence-corrected chi connectivity index (χ4v) is 3.10. The van der Waals surface area contributed by atoms with Crippen LogP contribution in [-0.2, 0) is 16.1 Å². The lowest BCUT2D eigenvalue weighted by atomic mass is 9.97. The largest absolute Gasteiger partial charge is 0.496 e. The summed E-state index contributed by atoms with van der Waals surface area (Å²) in [6, 6.07) is 5.70. The minimum absolute atomic E-state index is 0.00650. The Kier molecular flexibility index (Phi) is 5.83. The van der Waals surface area contributed by atoms with Crippen molar-refractivity contribution in [3.63, 3.8) is 0 Å². The normalized spacial score (nSPS) is 18.0. The van der Waals surface area contributed by atoms with Crippen LogP contribution in [0, 0.1) is 5.92 Å². The Bertz CT molecular complexity index is 562. The highest BCUT2D eigenvalue weighted by Gasteiger charge is 2.26. The number of hydrogen-bond donors (Lipinski definition) is 1. The molecule has 6 heteroatoms. The van der Waals surface area contributed by atoms with Crippen molar-refractivity contribution >= 4 is 27.7 Å². The number of ether oxygens (including phenoxy) is 1. The van der Waals surface area contributed by atoms with E-state index in [9.17, 15) is 9.59 Å². The number of benzene rings is 1. The number of methoxy groups -OCH3 is 1. The van der Waals surface area contributed by atoms with Gasteiger partial charge in [0.15, 0.2) is 0 Å². The molecule has 0 bridgehead atoms. The summed E-state index contributed by atoms with van der Waals surface area (Å²) < 4.78 is 6.24. The molecule has 1 aromatic rings. The lowest BCUT2D eigenvalue weighted by Crippen LogP contribution is -2.44. The monoisotopic (exact) mass is 368 g/mol. The Morgan fingerprint density at radius 3 is 2.91 bits per heavy atom. The Morgan fingerprint density at radius 1 is 1.45 bits per heavy atom. The third kappa shape index (κ3) is 4.22. The summed E-state index contributed by atoms with van der Waals surface area (Å²) in [6.07, 6.45) is 1.70. The van der Waals surface area contributed by atoms with Gasteiger partial charge in [0.25, 0.3) is 0 Å². The number of carbonyl (C=O) groups is 2. The maximum atomic E-state index is 12.3. The second-order valence-corrected chi connectivity index (χ2v) is 6.39. The molecule has 2 amide bonds. The number of carbonyl (C=O) groups excluding carboxylic acids is 2. The Morgan fingerprint density at radius 2 is 2.23 bits per heavy atom. The summed E-state index contributed by atoms with van der Waals surface area (Å²) in [6.45, 7) is 3.22. The molecule has 1 aromatic carbocycles. The molecule has 0 aliphatic carbocycles. The van der Waals surface area contributed by atoms with Crippen LogP contribution in [0.15, 0.2) is 22.7 Å². The van der Waals surface area contributed by atoms with Gasteiger partial charge in [-0.05, 0) is 31.0 Å². The molecule has 0 saturated carbocycles. The summed E-state index contributed by atoms with van der Waals surface area (Å²) in [4.78, 5) is 25.5. The molecule has 5 nitrogen and oxygen atoms in total. The van der Waals surface area contributed by atoms with Gasteiger partial charge < -0.3 is 15.0 Å². The van der Waals surface area contributed by atoms with E-state index in [4.69, 9.17) is 4.74 Å². The molecule has 1 N–H and O–H groups in total. The highest BCUT2D eigenvalue weighted by Crippen LogP contribution is 2.23. The molecule has 1 aliphatic heterocycles. The SMILES string of the molecule is COc1ccc(Br)cc1CNC(=O)[C@@H]1CCCN(C(C)=O)C1. The van der Waals surface area contributed by atoms with Gasteiger partial charge in [0.05, 0.1) is 13.0 Å². The molecule has 0 radical (unpaired) electrons. The van der Waals surface area contributed by atoms with E-state index >= 15 is 0 Å². The van der Waals surface area contributed by atoms with Crippen LogP contribution in [0.2, 0.25) is 0 Å². The maximum Gasteiger partial charge on any atom is 0.225 e. The quantitative estimate of drug-likeness (QED) is 0.886. The van der Waals surface area contributed by atoms with Crippen molar-refractivity contribution < 1.29 is 14.3 Å². The van der Waals surface area contributed by atoms with Gasteiger partial charge in [0, 0.05) is 36.6 Å². The van der Waals surface area contributed by atoms with Crippen molar-refractivity contribution in [3.8, 4) is 5.75 Å². The maximum absolute atomic E-state index is 12.3. The third-order valence-corrected chi connectivity index (χ3v) is 4.43. The zero-order valence-electron chi connectivity index (χ0n) is 12.9. The van der Waals surface area contributed by atoms with E-state index in [1.54, 1.807) is 18.9 Å². The first-order valence-corrected chi connectivity index (χ1v) is 8.16. The molecule has 1 saturated heterocycles. The summed E-state index contributed by atoms with van der Waals surface area (Å²) in [7, 11) is 1.61. The second-order valence-electron chi connectivity index (χ2n) is 5.48. The molecule has 1 heterocycles. The van der Waals surface area contributed by atoms with Gasteiger partial charge in [0.2, 0.25) is 11.8 Å². The van der Waals surface area contributed by atoms with E-state index in [0.717, 1.165) is 35.2 Å². The van der Waals surface area contributed by atoms with Gasteiger partial charge in [-0.15, -0.1) is 0 Å². The lowest BCUT2D eigenvalue weighted by Gasteiger charge is -2.31. The molecule has 1 fully saturated rings. The van der Waals surface area contributed by atoms with Crippen LogP contribution >= 0.6 is 15.9 Å². The summed E-state index contributed by atoms with van der Waals surface area (Å²) in [5.41, 5.74) is 0.921.